The molecule has 0 saturated carbocycles. The summed E-state index contributed by atoms with van der Waals surface area (Å²) >= 11 is 5.16. The third kappa shape index (κ3) is 2.81. The Morgan fingerprint density at radius 1 is 1.00 bits per heavy atom. The second kappa shape index (κ2) is 5.85. The third-order valence-corrected chi connectivity index (χ3v) is 1.90. The normalized spacial score (nSPS) is 10.3. The van der Waals surface area contributed by atoms with Crippen LogP contribution in [-0.4, -0.2) is 18.6 Å². The lowest BCUT2D eigenvalue weighted by molar-refractivity contribution is 0.168. The van der Waals surface area contributed by atoms with E-state index in [-0.39, 0.29) is 12.5 Å². The van der Waals surface area contributed by atoms with E-state index in [0.717, 1.165) is 0 Å². The van der Waals surface area contributed by atoms with Gasteiger partial charge in [0.05, 0.1) is 5.88 Å². The van der Waals surface area contributed by atoms with Crippen LogP contribution in [0, 0.1) is 29.1 Å². The average molecular weight is 290 g/mol. The molecule has 0 radical (unpaired) electrons. The Kier molecular flexibility index (Phi) is 4.71. The Hall–Kier alpha value is -1.57. The number of anilines is 1. The van der Waals surface area contributed by atoms with Gasteiger partial charge in [-0.3, -0.25) is 5.32 Å². The number of benzene rings is 1. The number of carbonyl (C=O) groups excluding carboxylic acids is 1. The first-order valence-electron chi connectivity index (χ1n) is 4.41. The Morgan fingerprint density at radius 3 is 1.89 bits per heavy atom. The quantitative estimate of drug-likeness (QED) is 0.402. The van der Waals surface area contributed by atoms with E-state index in [1.165, 1.54) is 5.32 Å². The van der Waals surface area contributed by atoms with Gasteiger partial charge in [0, 0.05) is 0 Å². The molecule has 0 heterocycles. The SMILES string of the molecule is O=C(Nc1c(F)c(F)c(F)c(F)c1F)OCCCl. The zero-order valence-corrected chi connectivity index (χ0v) is 9.25. The highest BCUT2D eigenvalue weighted by Gasteiger charge is 2.27. The van der Waals surface area contributed by atoms with Gasteiger partial charge >= 0.3 is 6.09 Å². The summed E-state index contributed by atoms with van der Waals surface area (Å²) in [5.41, 5.74) is -1.48. The molecule has 100 valence electrons. The zero-order valence-electron chi connectivity index (χ0n) is 8.50. The molecule has 1 rings (SSSR count). The minimum absolute atomic E-state index is 0.0927. The molecule has 0 aromatic heterocycles. The molecular weight excluding hydrogens is 285 g/mol. The molecule has 0 bridgehead atoms. The van der Waals surface area contributed by atoms with Gasteiger partial charge in [-0.1, -0.05) is 0 Å². The molecule has 0 atom stereocenters. The third-order valence-electron chi connectivity index (χ3n) is 1.75. The monoisotopic (exact) mass is 289 g/mol. The fraction of sp³-hybridized carbons (Fsp3) is 0.222. The second-order valence-electron chi connectivity index (χ2n) is 2.89. The summed E-state index contributed by atoms with van der Waals surface area (Å²) in [6.45, 7) is -0.289. The predicted molar refractivity (Wildman–Crippen MR) is 51.9 cm³/mol. The van der Waals surface area contributed by atoms with Crippen LogP contribution in [-0.2, 0) is 4.74 Å². The maximum Gasteiger partial charge on any atom is 0.411 e. The van der Waals surface area contributed by atoms with Crippen LogP contribution in [0.25, 0.3) is 0 Å². The summed E-state index contributed by atoms with van der Waals surface area (Å²) in [6.07, 6.45) is -1.39. The van der Waals surface area contributed by atoms with Gasteiger partial charge in [-0.15, -0.1) is 11.6 Å². The molecule has 0 fully saturated rings. The van der Waals surface area contributed by atoms with Crippen molar-refractivity contribution >= 4 is 23.4 Å². The van der Waals surface area contributed by atoms with E-state index in [2.05, 4.69) is 4.74 Å². The Morgan fingerprint density at radius 2 is 1.44 bits per heavy atom. The fourth-order valence-corrected chi connectivity index (χ4v) is 1.06. The average Bonchev–Trinajstić information content (AvgIpc) is 2.36. The molecule has 1 N–H and O–H groups in total. The van der Waals surface area contributed by atoms with Crippen LogP contribution in [0.5, 0.6) is 0 Å². The van der Waals surface area contributed by atoms with Crippen molar-refractivity contribution in [2.24, 2.45) is 0 Å². The molecule has 9 heteroatoms. The number of rotatable bonds is 3. The number of carbonyl (C=O) groups is 1. The van der Waals surface area contributed by atoms with Crippen LogP contribution in [0.4, 0.5) is 32.4 Å². The number of hydrogen-bond donors (Lipinski definition) is 1. The van der Waals surface area contributed by atoms with Gasteiger partial charge in [0.25, 0.3) is 0 Å². The number of halogens is 6. The van der Waals surface area contributed by atoms with Gasteiger partial charge in [-0.2, -0.15) is 0 Å². The van der Waals surface area contributed by atoms with Gasteiger partial charge < -0.3 is 4.74 Å². The van der Waals surface area contributed by atoms with Crippen LogP contribution in [0.2, 0.25) is 0 Å². The van der Waals surface area contributed by atoms with Crippen LogP contribution in [0.3, 0.4) is 0 Å². The number of hydrogen-bond acceptors (Lipinski definition) is 2. The van der Waals surface area contributed by atoms with Crippen molar-refractivity contribution in [3.63, 3.8) is 0 Å². The van der Waals surface area contributed by atoms with E-state index in [4.69, 9.17) is 11.6 Å². The lowest BCUT2D eigenvalue weighted by atomic mass is 10.2. The van der Waals surface area contributed by atoms with Gasteiger partial charge in [0.15, 0.2) is 23.3 Å². The number of ether oxygens (including phenoxy) is 1. The zero-order chi connectivity index (χ0) is 13.9. The van der Waals surface area contributed by atoms with Crippen molar-refractivity contribution in [3.8, 4) is 0 Å². The summed E-state index contributed by atoms with van der Waals surface area (Å²) < 4.78 is 68.5. The molecule has 0 spiro atoms. The minimum atomic E-state index is -2.32. The van der Waals surface area contributed by atoms with E-state index >= 15 is 0 Å². The van der Waals surface area contributed by atoms with Crippen molar-refractivity contribution in [1.82, 2.24) is 0 Å². The molecular formula is C9H5ClF5NO2. The van der Waals surface area contributed by atoms with Crippen LogP contribution < -0.4 is 5.32 Å². The van der Waals surface area contributed by atoms with Crippen molar-refractivity contribution in [2.75, 3.05) is 17.8 Å². The smallest absolute Gasteiger partial charge is 0.411 e. The number of nitrogens with one attached hydrogen (secondary N) is 1. The summed E-state index contributed by atoms with van der Waals surface area (Å²) in [5.74, 6) is -11.1. The molecule has 0 aliphatic rings. The number of alkyl halides is 1. The van der Waals surface area contributed by atoms with Crippen molar-refractivity contribution < 1.29 is 31.5 Å². The Balaban J connectivity index is 3.06. The molecule has 0 unspecified atom stereocenters. The van der Waals surface area contributed by atoms with E-state index in [9.17, 15) is 26.7 Å². The highest BCUT2D eigenvalue weighted by molar-refractivity contribution is 6.18. The van der Waals surface area contributed by atoms with Gasteiger partial charge in [0.2, 0.25) is 5.82 Å². The van der Waals surface area contributed by atoms with Crippen LogP contribution in [0.1, 0.15) is 0 Å². The molecule has 1 amide bonds. The lowest BCUT2D eigenvalue weighted by Crippen LogP contribution is -2.18. The first-order valence-corrected chi connectivity index (χ1v) is 4.94. The summed E-state index contributed by atoms with van der Waals surface area (Å²) in [7, 11) is 0. The molecule has 0 saturated heterocycles. The lowest BCUT2D eigenvalue weighted by Gasteiger charge is -2.09. The van der Waals surface area contributed by atoms with Gasteiger partial charge in [-0.25, -0.2) is 26.7 Å². The summed E-state index contributed by atoms with van der Waals surface area (Å²) in [6, 6.07) is 0. The minimum Gasteiger partial charge on any atom is -0.448 e. The first kappa shape index (κ1) is 14.5. The standard InChI is InChI=1S/C9H5ClF5NO2/c10-1-2-18-9(17)16-8-6(14)4(12)3(11)5(13)7(8)15/h1-2H2,(H,16,17). The molecule has 0 aliphatic heterocycles. The number of amides is 1. The van der Waals surface area contributed by atoms with Crippen molar-refractivity contribution in [1.29, 1.82) is 0 Å². The largest absolute Gasteiger partial charge is 0.448 e. The molecule has 18 heavy (non-hydrogen) atoms. The maximum atomic E-state index is 13.1. The predicted octanol–water partition coefficient (Wildman–Crippen LogP) is 3.17. The Bertz CT molecular complexity index is 454. The maximum absolute atomic E-state index is 13.1. The topological polar surface area (TPSA) is 38.3 Å². The molecule has 1 aromatic carbocycles. The molecule has 0 aliphatic carbocycles. The summed E-state index contributed by atoms with van der Waals surface area (Å²) in [5, 5.41) is 1.41. The van der Waals surface area contributed by atoms with Crippen molar-refractivity contribution in [3.05, 3.63) is 29.1 Å². The van der Waals surface area contributed by atoms with E-state index in [1.807, 2.05) is 0 Å². The fourth-order valence-electron chi connectivity index (χ4n) is 0.984. The van der Waals surface area contributed by atoms with E-state index in [0.29, 0.717) is 0 Å². The molecule has 1 aromatic rings. The molecule has 3 nitrogen and oxygen atoms in total. The van der Waals surface area contributed by atoms with E-state index < -0.39 is 40.9 Å². The highest BCUT2D eigenvalue weighted by atomic mass is 35.5. The second-order valence-corrected chi connectivity index (χ2v) is 3.27. The van der Waals surface area contributed by atoms with Crippen LogP contribution in [0.15, 0.2) is 0 Å². The summed E-state index contributed by atoms with van der Waals surface area (Å²) in [4.78, 5) is 10.9. The van der Waals surface area contributed by atoms with Gasteiger partial charge in [-0.05, 0) is 0 Å². The van der Waals surface area contributed by atoms with Gasteiger partial charge in [0.1, 0.15) is 12.3 Å². The van der Waals surface area contributed by atoms with Crippen LogP contribution >= 0.6 is 11.6 Å². The van der Waals surface area contributed by atoms with E-state index in [1.54, 1.807) is 0 Å². The first-order chi connectivity index (χ1) is 8.40. The van der Waals surface area contributed by atoms with Crippen molar-refractivity contribution in [2.45, 2.75) is 0 Å². The Labute approximate surface area is 102 Å². The highest BCUT2D eigenvalue weighted by Crippen LogP contribution is 2.27.